The maximum atomic E-state index is 12.5. The molecule has 0 radical (unpaired) electrons. The van der Waals surface area contributed by atoms with E-state index in [-0.39, 0.29) is 29.9 Å². The number of hydrogen-bond donors (Lipinski definition) is 1. The number of hydrogen-bond acceptors (Lipinski definition) is 5. The zero-order chi connectivity index (χ0) is 24.1. The summed E-state index contributed by atoms with van der Waals surface area (Å²) < 4.78 is 47.8. The summed E-state index contributed by atoms with van der Waals surface area (Å²) >= 11 is 0. The summed E-state index contributed by atoms with van der Waals surface area (Å²) in [5.41, 5.74) is 3.23. The van der Waals surface area contributed by atoms with Gasteiger partial charge in [0.1, 0.15) is 18.0 Å². The highest BCUT2D eigenvalue weighted by Gasteiger charge is 2.31. The van der Waals surface area contributed by atoms with Crippen molar-refractivity contribution in [1.29, 1.82) is 0 Å². The van der Waals surface area contributed by atoms with E-state index in [0.717, 1.165) is 12.0 Å². The number of alkyl halides is 3. The minimum Gasteiger partial charge on any atom is -0.406 e. The van der Waals surface area contributed by atoms with Gasteiger partial charge in [-0.3, -0.25) is 4.79 Å². The molecule has 0 fully saturated rings. The molecule has 0 spiro atoms. The number of carbonyl (C=O) groups excluding carboxylic acids is 1. The van der Waals surface area contributed by atoms with E-state index in [9.17, 15) is 18.0 Å². The predicted octanol–water partition coefficient (Wildman–Crippen LogP) is 4.98. The molecule has 0 saturated carbocycles. The largest absolute Gasteiger partial charge is 0.573 e. The van der Waals surface area contributed by atoms with Crippen molar-refractivity contribution in [1.82, 2.24) is 20.0 Å². The van der Waals surface area contributed by atoms with Crippen LogP contribution in [0.15, 0.2) is 71.4 Å². The van der Waals surface area contributed by atoms with Gasteiger partial charge in [-0.2, -0.15) is 4.98 Å². The molecule has 0 unspecified atom stereocenters. The van der Waals surface area contributed by atoms with Crippen LogP contribution in [0.2, 0.25) is 0 Å². The fourth-order valence-corrected chi connectivity index (χ4v) is 3.30. The highest BCUT2D eigenvalue weighted by molar-refractivity contribution is 5.76. The first-order valence-corrected chi connectivity index (χ1v) is 10.5. The Labute approximate surface area is 193 Å². The molecule has 7 nitrogen and oxygen atoms in total. The van der Waals surface area contributed by atoms with E-state index in [4.69, 9.17) is 4.52 Å². The highest BCUT2D eigenvalue weighted by Crippen LogP contribution is 2.27. The minimum absolute atomic E-state index is 0.0522. The SMILES string of the molecule is CCc1ccc(CNC(=O)Cn2cccc2-c2nc(-c3ccc(OC(F)(F)F)cc3)no2)cc1. The van der Waals surface area contributed by atoms with Crippen molar-refractivity contribution >= 4 is 5.91 Å². The molecular formula is C24H21F3N4O3. The monoisotopic (exact) mass is 470 g/mol. The standard InChI is InChI=1S/C24H21F3N4O3/c1-2-16-5-7-17(8-6-16)14-28-21(32)15-31-13-3-4-20(31)23-29-22(30-34-23)18-9-11-19(12-10-18)33-24(25,26)27/h3-13H,2,14-15H2,1H3,(H,28,32). The highest BCUT2D eigenvalue weighted by atomic mass is 19.4. The minimum atomic E-state index is -4.77. The lowest BCUT2D eigenvalue weighted by atomic mass is 10.1. The summed E-state index contributed by atoms with van der Waals surface area (Å²) in [4.78, 5) is 16.8. The molecule has 2 aromatic heterocycles. The van der Waals surface area contributed by atoms with Gasteiger partial charge in [0.15, 0.2) is 0 Å². The van der Waals surface area contributed by atoms with Gasteiger partial charge in [0.25, 0.3) is 5.89 Å². The van der Waals surface area contributed by atoms with E-state index in [1.54, 1.807) is 22.9 Å². The third-order valence-corrected chi connectivity index (χ3v) is 5.06. The summed E-state index contributed by atoms with van der Waals surface area (Å²) in [5.74, 6) is -0.155. The second kappa shape index (κ2) is 9.82. The lowest BCUT2D eigenvalue weighted by molar-refractivity contribution is -0.274. The smallest absolute Gasteiger partial charge is 0.406 e. The van der Waals surface area contributed by atoms with E-state index in [2.05, 4.69) is 27.1 Å². The summed E-state index contributed by atoms with van der Waals surface area (Å²) in [5, 5.41) is 6.78. The van der Waals surface area contributed by atoms with Crippen LogP contribution in [-0.4, -0.2) is 27.0 Å². The molecule has 0 atom stereocenters. The van der Waals surface area contributed by atoms with Crippen LogP contribution in [0, 0.1) is 0 Å². The lowest BCUT2D eigenvalue weighted by Crippen LogP contribution is -2.27. The van der Waals surface area contributed by atoms with Crippen LogP contribution in [-0.2, 0) is 24.3 Å². The number of halogens is 3. The summed E-state index contributed by atoms with van der Waals surface area (Å²) in [7, 11) is 0. The molecule has 0 saturated heterocycles. The van der Waals surface area contributed by atoms with Gasteiger partial charge in [-0.15, -0.1) is 13.2 Å². The molecule has 4 aromatic rings. The molecule has 1 amide bonds. The molecule has 1 N–H and O–H groups in total. The Hall–Kier alpha value is -4.08. The van der Waals surface area contributed by atoms with Gasteiger partial charge in [0, 0.05) is 18.3 Å². The Kier molecular flexibility index (Phi) is 6.67. The fourth-order valence-electron chi connectivity index (χ4n) is 3.30. The molecule has 34 heavy (non-hydrogen) atoms. The Bertz CT molecular complexity index is 1250. The van der Waals surface area contributed by atoms with Crippen LogP contribution < -0.4 is 10.1 Å². The van der Waals surface area contributed by atoms with Gasteiger partial charge >= 0.3 is 6.36 Å². The van der Waals surface area contributed by atoms with Gasteiger partial charge in [0.2, 0.25) is 11.7 Å². The first kappa shape index (κ1) is 23.1. The molecule has 2 aromatic carbocycles. The molecule has 0 aliphatic rings. The van der Waals surface area contributed by atoms with Crippen LogP contribution in [0.1, 0.15) is 18.1 Å². The second-order valence-corrected chi connectivity index (χ2v) is 7.46. The quantitative estimate of drug-likeness (QED) is 0.393. The molecule has 0 aliphatic carbocycles. The maximum Gasteiger partial charge on any atom is 0.573 e. The Morgan fingerprint density at radius 2 is 1.76 bits per heavy atom. The van der Waals surface area contributed by atoms with Crippen molar-refractivity contribution in [2.75, 3.05) is 0 Å². The van der Waals surface area contributed by atoms with E-state index >= 15 is 0 Å². The third kappa shape index (κ3) is 5.83. The Balaban J connectivity index is 1.40. The molecule has 4 rings (SSSR count). The molecule has 0 aliphatic heterocycles. The molecule has 176 valence electrons. The van der Waals surface area contributed by atoms with Crippen molar-refractivity contribution < 1.29 is 27.2 Å². The number of benzene rings is 2. The first-order valence-electron chi connectivity index (χ1n) is 10.5. The fraction of sp³-hybridized carbons (Fsp3) is 0.208. The predicted molar refractivity (Wildman–Crippen MR) is 118 cm³/mol. The van der Waals surface area contributed by atoms with E-state index in [1.807, 2.05) is 24.3 Å². The van der Waals surface area contributed by atoms with Crippen molar-refractivity contribution in [3.05, 3.63) is 78.0 Å². The number of carbonyl (C=O) groups is 1. The summed E-state index contributed by atoms with van der Waals surface area (Å²) in [6, 6.07) is 16.7. The maximum absolute atomic E-state index is 12.5. The third-order valence-electron chi connectivity index (χ3n) is 5.06. The van der Waals surface area contributed by atoms with Crippen molar-refractivity contribution in [2.24, 2.45) is 0 Å². The molecule has 2 heterocycles. The number of aromatic nitrogens is 3. The summed E-state index contributed by atoms with van der Waals surface area (Å²) in [6.45, 7) is 2.55. The normalized spacial score (nSPS) is 11.4. The Morgan fingerprint density at radius 3 is 2.44 bits per heavy atom. The number of rotatable bonds is 8. The van der Waals surface area contributed by atoms with Gasteiger partial charge in [-0.25, -0.2) is 0 Å². The molecule has 0 bridgehead atoms. The summed E-state index contributed by atoms with van der Waals surface area (Å²) in [6.07, 6.45) is -2.09. The van der Waals surface area contributed by atoms with Gasteiger partial charge in [0.05, 0.1) is 0 Å². The van der Waals surface area contributed by atoms with Crippen LogP contribution in [0.25, 0.3) is 23.0 Å². The lowest BCUT2D eigenvalue weighted by Gasteiger charge is -2.09. The number of aryl methyl sites for hydroxylation is 1. The van der Waals surface area contributed by atoms with Crippen LogP contribution in [0.3, 0.4) is 0 Å². The first-order chi connectivity index (χ1) is 16.3. The van der Waals surface area contributed by atoms with Crippen LogP contribution >= 0.6 is 0 Å². The Morgan fingerprint density at radius 1 is 1.06 bits per heavy atom. The van der Waals surface area contributed by atoms with E-state index in [1.165, 1.54) is 29.8 Å². The van der Waals surface area contributed by atoms with Gasteiger partial charge < -0.3 is 19.1 Å². The zero-order valence-corrected chi connectivity index (χ0v) is 18.2. The molecule has 10 heteroatoms. The van der Waals surface area contributed by atoms with E-state index in [0.29, 0.717) is 17.8 Å². The van der Waals surface area contributed by atoms with Crippen molar-refractivity contribution in [3.8, 4) is 28.7 Å². The van der Waals surface area contributed by atoms with Crippen LogP contribution in [0.4, 0.5) is 13.2 Å². The van der Waals surface area contributed by atoms with E-state index < -0.39 is 6.36 Å². The number of nitrogens with one attached hydrogen (secondary N) is 1. The average Bonchev–Trinajstić information content (AvgIpc) is 3.47. The number of ether oxygens (including phenoxy) is 1. The topological polar surface area (TPSA) is 82.2 Å². The van der Waals surface area contributed by atoms with Gasteiger partial charge in [-0.05, 0) is 53.9 Å². The average molecular weight is 470 g/mol. The van der Waals surface area contributed by atoms with Crippen molar-refractivity contribution in [3.63, 3.8) is 0 Å². The number of nitrogens with zero attached hydrogens (tertiary/aromatic N) is 3. The zero-order valence-electron chi connectivity index (χ0n) is 18.2. The van der Waals surface area contributed by atoms with Crippen molar-refractivity contribution in [2.45, 2.75) is 32.8 Å². The molecular weight excluding hydrogens is 449 g/mol. The van der Waals surface area contributed by atoms with Gasteiger partial charge in [-0.1, -0.05) is 36.3 Å². The number of amides is 1. The second-order valence-electron chi connectivity index (χ2n) is 7.46. The van der Waals surface area contributed by atoms with Crippen LogP contribution in [0.5, 0.6) is 5.75 Å².